The fraction of sp³-hybridized carbons (Fsp3) is 0.125. The highest BCUT2D eigenvalue weighted by atomic mass is 16.5. The van der Waals surface area contributed by atoms with Crippen LogP contribution in [0.2, 0.25) is 0 Å². The highest BCUT2D eigenvalue weighted by Gasteiger charge is 2.14. The van der Waals surface area contributed by atoms with Crippen LogP contribution in [0.1, 0.15) is 20.7 Å². The number of Topliss-reactive ketones (excluding diaryl/α,β-unsaturated/α-hetero) is 1. The van der Waals surface area contributed by atoms with Crippen molar-refractivity contribution in [1.82, 2.24) is 0 Å². The molecule has 0 bridgehead atoms. The first-order chi connectivity index (χ1) is 10.6. The summed E-state index contributed by atoms with van der Waals surface area (Å²) >= 11 is 0. The van der Waals surface area contributed by atoms with Gasteiger partial charge in [-0.15, -0.1) is 0 Å². The van der Waals surface area contributed by atoms with Crippen molar-refractivity contribution in [2.75, 3.05) is 6.61 Å². The maximum absolute atomic E-state index is 12.0. The van der Waals surface area contributed by atoms with E-state index in [9.17, 15) is 14.4 Å². The van der Waals surface area contributed by atoms with Crippen molar-refractivity contribution < 1.29 is 28.8 Å². The summed E-state index contributed by atoms with van der Waals surface area (Å²) in [5.41, 5.74) is 0.838. The Labute approximate surface area is 126 Å². The van der Waals surface area contributed by atoms with Gasteiger partial charge >= 0.3 is 11.9 Å². The van der Waals surface area contributed by atoms with Crippen molar-refractivity contribution in [1.29, 1.82) is 0 Å². The Morgan fingerprint density at radius 3 is 2.18 bits per heavy atom. The van der Waals surface area contributed by atoms with Crippen LogP contribution in [0.5, 0.6) is 0 Å². The SMILES string of the molecule is O=C(O)COC(=O)c1cc[n+](CC(=O)c2ccccc2)cc1. The van der Waals surface area contributed by atoms with E-state index in [0.717, 1.165) is 0 Å². The minimum Gasteiger partial charge on any atom is -0.479 e. The van der Waals surface area contributed by atoms with Crippen LogP contribution in [0.15, 0.2) is 54.9 Å². The van der Waals surface area contributed by atoms with Crippen molar-refractivity contribution in [3.63, 3.8) is 0 Å². The Morgan fingerprint density at radius 1 is 0.955 bits per heavy atom. The first-order valence-corrected chi connectivity index (χ1v) is 6.52. The standard InChI is InChI=1S/C16H13NO5/c18-14(12-4-2-1-3-5-12)10-17-8-6-13(7-9-17)16(21)22-11-15(19)20/h1-9H,10-11H2/p+1. The van der Waals surface area contributed by atoms with E-state index >= 15 is 0 Å². The number of nitrogens with zero attached hydrogens (tertiary/aromatic N) is 1. The number of ether oxygens (including phenoxy) is 1. The summed E-state index contributed by atoms with van der Waals surface area (Å²) in [6.07, 6.45) is 3.14. The zero-order valence-corrected chi connectivity index (χ0v) is 11.6. The molecule has 0 aliphatic rings. The number of carbonyl (C=O) groups is 3. The maximum atomic E-state index is 12.0. The topological polar surface area (TPSA) is 84.6 Å². The van der Waals surface area contributed by atoms with Gasteiger partial charge in [0, 0.05) is 17.7 Å². The quantitative estimate of drug-likeness (QED) is 0.490. The van der Waals surface area contributed by atoms with Crippen molar-refractivity contribution >= 4 is 17.7 Å². The predicted molar refractivity (Wildman–Crippen MR) is 75.3 cm³/mol. The Hall–Kier alpha value is -3.02. The van der Waals surface area contributed by atoms with Gasteiger partial charge in [-0.05, 0) is 0 Å². The van der Waals surface area contributed by atoms with Crippen LogP contribution >= 0.6 is 0 Å². The third kappa shape index (κ3) is 4.24. The molecule has 0 saturated carbocycles. The summed E-state index contributed by atoms with van der Waals surface area (Å²) in [5.74, 6) is -1.98. The van der Waals surface area contributed by atoms with Gasteiger partial charge in [-0.25, -0.2) is 9.59 Å². The second-order valence-corrected chi connectivity index (χ2v) is 4.52. The maximum Gasteiger partial charge on any atom is 0.341 e. The molecule has 0 fully saturated rings. The number of aromatic nitrogens is 1. The van der Waals surface area contributed by atoms with Gasteiger partial charge in [-0.1, -0.05) is 30.3 Å². The van der Waals surface area contributed by atoms with Crippen molar-refractivity contribution in [2.24, 2.45) is 0 Å². The van der Waals surface area contributed by atoms with Gasteiger partial charge < -0.3 is 9.84 Å². The van der Waals surface area contributed by atoms with E-state index in [-0.39, 0.29) is 17.9 Å². The van der Waals surface area contributed by atoms with Crippen molar-refractivity contribution in [2.45, 2.75) is 6.54 Å². The summed E-state index contributed by atoms with van der Waals surface area (Å²) in [6.45, 7) is -0.533. The van der Waals surface area contributed by atoms with E-state index in [1.165, 1.54) is 12.1 Å². The molecule has 0 aliphatic carbocycles. The summed E-state index contributed by atoms with van der Waals surface area (Å²) in [6, 6.07) is 11.8. The molecule has 0 radical (unpaired) electrons. The van der Waals surface area contributed by atoms with Gasteiger partial charge in [0.25, 0.3) is 0 Å². The Kier molecular flexibility index (Phi) is 4.98. The highest BCUT2D eigenvalue weighted by molar-refractivity contribution is 5.95. The number of pyridine rings is 1. The van der Waals surface area contributed by atoms with Gasteiger partial charge in [0.1, 0.15) is 0 Å². The van der Waals surface area contributed by atoms with Crippen LogP contribution in [-0.4, -0.2) is 29.4 Å². The summed E-state index contributed by atoms with van der Waals surface area (Å²) in [4.78, 5) is 33.9. The minimum absolute atomic E-state index is 0.0493. The number of hydrogen-bond acceptors (Lipinski definition) is 4. The molecule has 6 nitrogen and oxygen atoms in total. The molecule has 2 rings (SSSR count). The molecule has 0 spiro atoms. The number of hydrogen-bond donors (Lipinski definition) is 1. The molecular weight excluding hydrogens is 286 g/mol. The van der Waals surface area contributed by atoms with E-state index < -0.39 is 18.5 Å². The average molecular weight is 300 g/mol. The van der Waals surface area contributed by atoms with Crippen LogP contribution in [-0.2, 0) is 16.1 Å². The Bertz CT molecular complexity index is 679. The van der Waals surface area contributed by atoms with E-state index in [4.69, 9.17) is 5.11 Å². The van der Waals surface area contributed by atoms with Crippen LogP contribution in [0.4, 0.5) is 0 Å². The molecule has 0 atom stereocenters. The molecule has 1 aromatic heterocycles. The van der Waals surface area contributed by atoms with Crippen molar-refractivity contribution in [3.8, 4) is 0 Å². The average Bonchev–Trinajstić information content (AvgIpc) is 2.54. The van der Waals surface area contributed by atoms with E-state index in [1.54, 1.807) is 41.2 Å². The van der Waals surface area contributed by atoms with Gasteiger partial charge in [0.15, 0.2) is 19.0 Å². The third-order valence-electron chi connectivity index (χ3n) is 2.88. The van der Waals surface area contributed by atoms with E-state index in [2.05, 4.69) is 4.74 Å². The molecule has 6 heteroatoms. The van der Waals surface area contributed by atoms with Crippen LogP contribution in [0, 0.1) is 0 Å². The molecular formula is C16H14NO5+. The second-order valence-electron chi connectivity index (χ2n) is 4.52. The Balaban J connectivity index is 1.98. The zero-order chi connectivity index (χ0) is 15.9. The molecule has 1 N–H and O–H groups in total. The summed E-state index contributed by atoms with van der Waals surface area (Å²) in [5, 5.41) is 8.44. The van der Waals surface area contributed by atoms with Crippen LogP contribution in [0.3, 0.4) is 0 Å². The molecule has 0 aliphatic heterocycles. The fourth-order valence-electron chi connectivity index (χ4n) is 1.79. The van der Waals surface area contributed by atoms with Crippen LogP contribution < -0.4 is 4.57 Å². The number of ketones is 1. The summed E-state index contributed by atoms with van der Waals surface area (Å²) < 4.78 is 6.19. The first-order valence-electron chi connectivity index (χ1n) is 6.52. The van der Waals surface area contributed by atoms with Gasteiger partial charge in [-0.3, -0.25) is 4.79 Å². The van der Waals surface area contributed by atoms with E-state index in [1.807, 2.05) is 6.07 Å². The zero-order valence-electron chi connectivity index (χ0n) is 11.6. The second kappa shape index (κ2) is 7.12. The lowest BCUT2D eigenvalue weighted by atomic mass is 10.1. The van der Waals surface area contributed by atoms with Gasteiger partial charge in [-0.2, -0.15) is 4.57 Å². The van der Waals surface area contributed by atoms with Gasteiger partial charge in [0.2, 0.25) is 12.3 Å². The molecule has 2 aromatic rings. The smallest absolute Gasteiger partial charge is 0.341 e. The molecule has 0 unspecified atom stereocenters. The number of rotatable bonds is 6. The molecule has 0 saturated heterocycles. The predicted octanol–water partition coefficient (Wildman–Crippen LogP) is 1.10. The fourth-order valence-corrected chi connectivity index (χ4v) is 1.79. The molecule has 22 heavy (non-hydrogen) atoms. The van der Waals surface area contributed by atoms with Crippen molar-refractivity contribution in [3.05, 3.63) is 66.0 Å². The largest absolute Gasteiger partial charge is 0.479 e. The number of aliphatic carboxylic acids is 1. The molecule has 112 valence electrons. The lowest BCUT2D eigenvalue weighted by Crippen LogP contribution is -2.37. The lowest BCUT2D eigenvalue weighted by molar-refractivity contribution is -0.683. The normalized spacial score (nSPS) is 10.0. The number of carboxylic acids is 1. The molecule has 1 heterocycles. The number of esters is 1. The third-order valence-corrected chi connectivity index (χ3v) is 2.88. The molecule has 1 aromatic carbocycles. The molecule has 0 amide bonds. The monoisotopic (exact) mass is 300 g/mol. The first kappa shape index (κ1) is 15.4. The van der Waals surface area contributed by atoms with Crippen LogP contribution in [0.25, 0.3) is 0 Å². The highest BCUT2D eigenvalue weighted by Crippen LogP contribution is 2.01. The lowest BCUT2D eigenvalue weighted by Gasteiger charge is -2.01. The van der Waals surface area contributed by atoms with E-state index in [0.29, 0.717) is 5.56 Å². The Morgan fingerprint density at radius 2 is 1.59 bits per heavy atom. The summed E-state index contributed by atoms with van der Waals surface area (Å²) in [7, 11) is 0. The van der Waals surface area contributed by atoms with Gasteiger partial charge in [0.05, 0.1) is 5.56 Å². The number of carbonyl (C=O) groups excluding carboxylic acids is 2. The minimum atomic E-state index is -1.21. The number of carboxylic acid groups (broad SMARTS) is 1. The number of benzene rings is 1.